The molecule has 2 rings (SSSR count). The molecule has 1 N–H and O–H groups in total. The molecule has 1 aromatic carbocycles. The summed E-state index contributed by atoms with van der Waals surface area (Å²) in [6.45, 7) is 4.00. The number of nitrogens with zero attached hydrogens (tertiary/aromatic N) is 1. The highest BCUT2D eigenvalue weighted by Crippen LogP contribution is 2.23. The molecule has 3 heteroatoms. The maximum absolute atomic E-state index is 11.8. The van der Waals surface area contributed by atoms with Crippen molar-refractivity contribution in [1.82, 2.24) is 9.97 Å². The molecule has 82 valence electrons. The second-order valence-corrected chi connectivity index (χ2v) is 4.01. The van der Waals surface area contributed by atoms with Crippen molar-refractivity contribution < 1.29 is 0 Å². The van der Waals surface area contributed by atoms with Crippen LogP contribution in [0.4, 0.5) is 0 Å². The van der Waals surface area contributed by atoms with E-state index >= 15 is 0 Å². The molecule has 0 aliphatic carbocycles. The first kappa shape index (κ1) is 10.6. The lowest BCUT2D eigenvalue weighted by atomic mass is 9.98. The van der Waals surface area contributed by atoms with Crippen molar-refractivity contribution in [1.29, 1.82) is 0 Å². The minimum Gasteiger partial charge on any atom is -0.313 e. The topological polar surface area (TPSA) is 45.8 Å². The minimum absolute atomic E-state index is 0.0520. The highest BCUT2D eigenvalue weighted by molar-refractivity contribution is 5.62. The summed E-state index contributed by atoms with van der Waals surface area (Å²) in [6, 6.07) is 9.78. The van der Waals surface area contributed by atoms with Crippen LogP contribution in [0.15, 0.2) is 41.5 Å². The normalized spacial score (nSPS) is 10.7. The van der Waals surface area contributed by atoms with Gasteiger partial charge >= 0.3 is 0 Å². The van der Waals surface area contributed by atoms with Crippen LogP contribution in [0.1, 0.15) is 25.3 Å². The maximum atomic E-state index is 11.8. The molecule has 0 spiro atoms. The summed E-state index contributed by atoms with van der Waals surface area (Å²) in [7, 11) is 0. The fraction of sp³-hybridized carbons (Fsp3) is 0.231. The van der Waals surface area contributed by atoms with Crippen LogP contribution in [0.3, 0.4) is 0 Å². The monoisotopic (exact) mass is 214 g/mol. The first-order chi connectivity index (χ1) is 7.70. The number of aromatic nitrogens is 2. The van der Waals surface area contributed by atoms with E-state index in [0.717, 1.165) is 16.8 Å². The van der Waals surface area contributed by atoms with E-state index in [1.54, 1.807) is 0 Å². The Morgan fingerprint density at radius 2 is 1.88 bits per heavy atom. The van der Waals surface area contributed by atoms with E-state index in [4.69, 9.17) is 0 Å². The molecule has 0 atom stereocenters. The molecule has 3 nitrogen and oxygen atoms in total. The molecule has 0 saturated carbocycles. The number of nitrogens with one attached hydrogen (secondary N) is 1. The van der Waals surface area contributed by atoms with E-state index in [2.05, 4.69) is 9.97 Å². The fourth-order valence-electron chi connectivity index (χ4n) is 1.77. The Labute approximate surface area is 94.2 Å². The van der Waals surface area contributed by atoms with Crippen molar-refractivity contribution in [2.45, 2.75) is 19.8 Å². The van der Waals surface area contributed by atoms with Gasteiger partial charge in [0.2, 0.25) is 0 Å². The van der Waals surface area contributed by atoms with Crippen molar-refractivity contribution in [3.63, 3.8) is 0 Å². The van der Waals surface area contributed by atoms with Gasteiger partial charge in [-0.1, -0.05) is 44.2 Å². The molecule has 1 heterocycles. The summed E-state index contributed by atoms with van der Waals surface area (Å²) in [6.07, 6.45) is 1.45. The number of benzene rings is 1. The lowest BCUT2D eigenvalue weighted by Gasteiger charge is -2.09. The van der Waals surface area contributed by atoms with Gasteiger partial charge in [-0.3, -0.25) is 4.79 Å². The van der Waals surface area contributed by atoms with E-state index in [-0.39, 0.29) is 11.5 Å². The Morgan fingerprint density at radius 3 is 2.50 bits per heavy atom. The Bertz CT molecular complexity index is 529. The third-order valence-electron chi connectivity index (χ3n) is 2.51. The summed E-state index contributed by atoms with van der Waals surface area (Å²) in [5, 5.41) is 0. The van der Waals surface area contributed by atoms with Crippen LogP contribution in [0.2, 0.25) is 0 Å². The van der Waals surface area contributed by atoms with Gasteiger partial charge in [0.05, 0.1) is 12.0 Å². The molecule has 1 aromatic heterocycles. The zero-order valence-electron chi connectivity index (χ0n) is 9.40. The van der Waals surface area contributed by atoms with Gasteiger partial charge in [0.15, 0.2) is 0 Å². The number of rotatable bonds is 2. The number of hydrogen-bond donors (Lipinski definition) is 1. The van der Waals surface area contributed by atoms with E-state index in [9.17, 15) is 4.79 Å². The highest BCUT2D eigenvalue weighted by Gasteiger charge is 2.13. The van der Waals surface area contributed by atoms with Crippen LogP contribution in [0.5, 0.6) is 0 Å². The lowest BCUT2D eigenvalue weighted by molar-refractivity contribution is 0.833. The first-order valence-corrected chi connectivity index (χ1v) is 5.33. The Hall–Kier alpha value is -1.90. The van der Waals surface area contributed by atoms with Crippen LogP contribution < -0.4 is 5.56 Å². The minimum atomic E-state index is -0.0520. The van der Waals surface area contributed by atoms with Crippen LogP contribution in [-0.4, -0.2) is 9.97 Å². The molecule has 0 radical (unpaired) electrons. The summed E-state index contributed by atoms with van der Waals surface area (Å²) in [4.78, 5) is 18.7. The molecule has 0 aliphatic heterocycles. The molecular weight excluding hydrogens is 200 g/mol. The SMILES string of the molecule is CC(C)c1c(-c2ccccc2)nc[nH]c1=O. The average Bonchev–Trinajstić information content (AvgIpc) is 2.29. The lowest BCUT2D eigenvalue weighted by Crippen LogP contribution is -2.16. The van der Waals surface area contributed by atoms with E-state index < -0.39 is 0 Å². The van der Waals surface area contributed by atoms with Gasteiger partial charge in [-0.2, -0.15) is 0 Å². The van der Waals surface area contributed by atoms with Gasteiger partial charge in [-0.25, -0.2) is 4.98 Å². The smallest absolute Gasteiger partial charge is 0.254 e. The second-order valence-electron chi connectivity index (χ2n) is 4.01. The summed E-state index contributed by atoms with van der Waals surface area (Å²) in [5.41, 5.74) is 2.45. The van der Waals surface area contributed by atoms with E-state index in [0.29, 0.717) is 0 Å². The standard InChI is InChI=1S/C13H14N2O/c1-9(2)11-12(14-8-15-13(11)16)10-6-4-3-5-7-10/h3-9H,1-2H3,(H,14,15,16). The van der Waals surface area contributed by atoms with Crippen molar-refractivity contribution in [2.24, 2.45) is 0 Å². The zero-order valence-corrected chi connectivity index (χ0v) is 9.40. The van der Waals surface area contributed by atoms with Gasteiger partial charge < -0.3 is 4.98 Å². The van der Waals surface area contributed by atoms with Crippen molar-refractivity contribution in [3.8, 4) is 11.3 Å². The molecule has 0 unspecified atom stereocenters. The van der Waals surface area contributed by atoms with E-state index in [1.165, 1.54) is 6.33 Å². The van der Waals surface area contributed by atoms with Gasteiger partial charge in [0.1, 0.15) is 0 Å². The molecule has 0 amide bonds. The molecule has 16 heavy (non-hydrogen) atoms. The van der Waals surface area contributed by atoms with Gasteiger partial charge in [0.25, 0.3) is 5.56 Å². The van der Waals surface area contributed by atoms with Crippen LogP contribution in [0, 0.1) is 0 Å². The molecule has 0 aliphatic rings. The molecule has 0 bridgehead atoms. The summed E-state index contributed by atoms with van der Waals surface area (Å²) >= 11 is 0. The zero-order chi connectivity index (χ0) is 11.5. The predicted octanol–water partition coefficient (Wildman–Crippen LogP) is 2.56. The second kappa shape index (κ2) is 4.31. The number of H-pyrrole nitrogens is 1. The predicted molar refractivity (Wildman–Crippen MR) is 64.4 cm³/mol. The Morgan fingerprint density at radius 1 is 1.19 bits per heavy atom. The van der Waals surface area contributed by atoms with Crippen LogP contribution in [-0.2, 0) is 0 Å². The summed E-state index contributed by atoms with van der Waals surface area (Å²) < 4.78 is 0. The first-order valence-electron chi connectivity index (χ1n) is 5.33. The molecular formula is C13H14N2O. The Balaban J connectivity index is 2.66. The Kier molecular flexibility index (Phi) is 2.86. The summed E-state index contributed by atoms with van der Waals surface area (Å²) in [5.74, 6) is 0.160. The molecule has 0 saturated heterocycles. The van der Waals surface area contributed by atoms with Crippen molar-refractivity contribution >= 4 is 0 Å². The van der Waals surface area contributed by atoms with Gasteiger partial charge in [-0.15, -0.1) is 0 Å². The third-order valence-corrected chi connectivity index (χ3v) is 2.51. The average molecular weight is 214 g/mol. The van der Waals surface area contributed by atoms with Crippen LogP contribution in [0.25, 0.3) is 11.3 Å². The fourth-order valence-corrected chi connectivity index (χ4v) is 1.77. The van der Waals surface area contributed by atoms with Crippen LogP contribution >= 0.6 is 0 Å². The quantitative estimate of drug-likeness (QED) is 0.835. The maximum Gasteiger partial charge on any atom is 0.254 e. The van der Waals surface area contributed by atoms with Crippen molar-refractivity contribution in [2.75, 3.05) is 0 Å². The largest absolute Gasteiger partial charge is 0.313 e. The number of hydrogen-bond acceptors (Lipinski definition) is 2. The molecule has 0 fully saturated rings. The van der Waals surface area contributed by atoms with Gasteiger partial charge in [-0.05, 0) is 5.92 Å². The van der Waals surface area contributed by atoms with E-state index in [1.807, 2.05) is 44.2 Å². The molecule has 2 aromatic rings. The number of aromatic amines is 1. The van der Waals surface area contributed by atoms with Gasteiger partial charge in [0, 0.05) is 11.1 Å². The van der Waals surface area contributed by atoms with Crippen molar-refractivity contribution in [3.05, 3.63) is 52.6 Å². The highest BCUT2D eigenvalue weighted by atomic mass is 16.1. The third kappa shape index (κ3) is 1.89.